The molecule has 0 fully saturated rings. The van der Waals surface area contributed by atoms with Gasteiger partial charge in [0.2, 0.25) is 0 Å². The molecule has 1 aromatic heterocycles. The molecule has 2 aromatic carbocycles. The third kappa shape index (κ3) is 3.45. The van der Waals surface area contributed by atoms with Crippen molar-refractivity contribution in [1.82, 2.24) is 4.98 Å². The van der Waals surface area contributed by atoms with Crippen LogP contribution in [0.15, 0.2) is 54.7 Å². The van der Waals surface area contributed by atoms with Gasteiger partial charge in [0, 0.05) is 23.1 Å². The Labute approximate surface area is 129 Å². The van der Waals surface area contributed by atoms with Gasteiger partial charge in [-0.2, -0.15) is 13.2 Å². The van der Waals surface area contributed by atoms with Gasteiger partial charge < -0.3 is 15.6 Å². The smallest absolute Gasteiger partial charge is 0.361 e. The third-order valence-corrected chi connectivity index (χ3v) is 3.26. The second kappa shape index (κ2) is 5.68. The van der Waals surface area contributed by atoms with Crippen molar-refractivity contribution in [2.45, 2.75) is 6.18 Å². The minimum atomic E-state index is -4.45. The zero-order valence-electron chi connectivity index (χ0n) is 11.7. The summed E-state index contributed by atoms with van der Waals surface area (Å²) < 4.78 is 37.9. The molecule has 2 amide bonds. The zero-order valence-corrected chi connectivity index (χ0v) is 11.7. The molecular formula is C16H12F3N3O. The summed E-state index contributed by atoms with van der Waals surface area (Å²) in [6, 6.07) is 11.0. The van der Waals surface area contributed by atoms with Crippen molar-refractivity contribution in [2.75, 3.05) is 10.6 Å². The van der Waals surface area contributed by atoms with Crippen LogP contribution in [-0.2, 0) is 6.18 Å². The quantitative estimate of drug-likeness (QED) is 0.622. The molecule has 7 heteroatoms. The number of carbonyl (C=O) groups is 1. The predicted molar refractivity (Wildman–Crippen MR) is 82.4 cm³/mol. The van der Waals surface area contributed by atoms with Crippen LogP contribution in [0.1, 0.15) is 5.56 Å². The molecule has 3 aromatic rings. The van der Waals surface area contributed by atoms with E-state index in [1.54, 1.807) is 18.3 Å². The fourth-order valence-electron chi connectivity index (χ4n) is 2.19. The molecule has 0 aliphatic heterocycles. The molecule has 0 atom stereocenters. The second-order valence-electron chi connectivity index (χ2n) is 4.94. The summed E-state index contributed by atoms with van der Waals surface area (Å²) in [5.41, 5.74) is 0.632. The van der Waals surface area contributed by atoms with Crippen molar-refractivity contribution in [1.29, 1.82) is 0 Å². The predicted octanol–water partition coefficient (Wildman–Crippen LogP) is 4.83. The summed E-state index contributed by atoms with van der Waals surface area (Å²) in [7, 11) is 0. The van der Waals surface area contributed by atoms with E-state index in [0.717, 1.165) is 23.0 Å². The lowest BCUT2D eigenvalue weighted by Gasteiger charge is -2.11. The van der Waals surface area contributed by atoms with Gasteiger partial charge in [-0.3, -0.25) is 0 Å². The average Bonchev–Trinajstić information content (AvgIpc) is 2.94. The molecule has 0 spiro atoms. The van der Waals surface area contributed by atoms with Gasteiger partial charge >= 0.3 is 12.2 Å². The first-order chi connectivity index (χ1) is 10.9. The van der Waals surface area contributed by atoms with Crippen molar-refractivity contribution in [3.05, 3.63) is 60.3 Å². The Bertz CT molecular complexity index is 855. The molecule has 23 heavy (non-hydrogen) atoms. The van der Waals surface area contributed by atoms with Crippen molar-refractivity contribution in [2.24, 2.45) is 0 Å². The Morgan fingerprint density at radius 3 is 2.43 bits per heavy atom. The Morgan fingerprint density at radius 2 is 1.70 bits per heavy atom. The maximum Gasteiger partial charge on any atom is 0.416 e. The molecule has 0 aliphatic carbocycles. The fourth-order valence-corrected chi connectivity index (χ4v) is 2.19. The highest BCUT2D eigenvalue weighted by Crippen LogP contribution is 2.30. The number of carbonyl (C=O) groups excluding carboxylic acids is 1. The van der Waals surface area contributed by atoms with Gasteiger partial charge in [-0.05, 0) is 41.8 Å². The van der Waals surface area contributed by atoms with E-state index in [1.165, 1.54) is 12.1 Å². The van der Waals surface area contributed by atoms with E-state index >= 15 is 0 Å². The van der Waals surface area contributed by atoms with E-state index < -0.39 is 17.8 Å². The molecule has 3 rings (SSSR count). The number of fused-ring (bicyclic) bond motifs is 1. The summed E-state index contributed by atoms with van der Waals surface area (Å²) in [6.07, 6.45) is -2.68. The molecule has 0 bridgehead atoms. The number of halogens is 3. The van der Waals surface area contributed by atoms with Gasteiger partial charge in [0.1, 0.15) is 0 Å². The summed E-state index contributed by atoms with van der Waals surface area (Å²) in [6.45, 7) is 0. The van der Waals surface area contributed by atoms with Crippen molar-refractivity contribution in [3.8, 4) is 0 Å². The number of aromatic nitrogens is 1. The second-order valence-corrected chi connectivity index (χ2v) is 4.94. The minimum Gasteiger partial charge on any atom is -0.361 e. The fraction of sp³-hybridized carbons (Fsp3) is 0.0625. The number of H-pyrrole nitrogens is 1. The molecule has 0 saturated heterocycles. The van der Waals surface area contributed by atoms with Gasteiger partial charge in [0.05, 0.1) is 5.56 Å². The Hall–Kier alpha value is -2.96. The largest absolute Gasteiger partial charge is 0.416 e. The molecular weight excluding hydrogens is 307 g/mol. The number of rotatable bonds is 2. The monoisotopic (exact) mass is 319 g/mol. The number of hydrogen-bond donors (Lipinski definition) is 3. The standard InChI is InChI=1S/C16H12F3N3O/c17-16(18,19)11-2-1-3-12(8-11)21-15(23)22-13-5-4-10-6-7-20-14(10)9-13/h1-9,20H,(H2,21,22,23). The van der Waals surface area contributed by atoms with Gasteiger partial charge in [0.25, 0.3) is 0 Å². The summed E-state index contributed by atoms with van der Waals surface area (Å²) in [5, 5.41) is 5.96. The lowest BCUT2D eigenvalue weighted by molar-refractivity contribution is -0.137. The number of urea groups is 1. The normalized spacial score (nSPS) is 11.4. The average molecular weight is 319 g/mol. The number of amides is 2. The van der Waals surface area contributed by atoms with E-state index in [4.69, 9.17) is 0 Å². The van der Waals surface area contributed by atoms with Crippen LogP contribution in [0.2, 0.25) is 0 Å². The number of anilines is 2. The summed E-state index contributed by atoms with van der Waals surface area (Å²) in [4.78, 5) is 14.9. The number of nitrogens with one attached hydrogen (secondary N) is 3. The number of aromatic amines is 1. The molecule has 3 N–H and O–H groups in total. The van der Waals surface area contributed by atoms with Crippen molar-refractivity contribution < 1.29 is 18.0 Å². The van der Waals surface area contributed by atoms with Gasteiger partial charge in [-0.1, -0.05) is 12.1 Å². The first-order valence-electron chi connectivity index (χ1n) is 6.74. The van der Waals surface area contributed by atoms with Gasteiger partial charge in [0.15, 0.2) is 0 Å². The van der Waals surface area contributed by atoms with Crippen molar-refractivity contribution in [3.63, 3.8) is 0 Å². The summed E-state index contributed by atoms with van der Waals surface area (Å²) in [5.74, 6) is 0. The van der Waals surface area contributed by atoms with Crippen LogP contribution < -0.4 is 10.6 Å². The SMILES string of the molecule is O=C(Nc1cccc(C(F)(F)F)c1)Nc1ccc2cc[nH]c2c1. The first kappa shape index (κ1) is 15.0. The van der Waals surface area contributed by atoms with Gasteiger partial charge in [-0.15, -0.1) is 0 Å². The van der Waals surface area contributed by atoms with Crippen LogP contribution >= 0.6 is 0 Å². The zero-order chi connectivity index (χ0) is 16.4. The van der Waals surface area contributed by atoms with Crippen LogP contribution in [0.3, 0.4) is 0 Å². The Morgan fingerprint density at radius 1 is 0.957 bits per heavy atom. The molecule has 1 heterocycles. The van der Waals surface area contributed by atoms with E-state index in [1.807, 2.05) is 12.1 Å². The molecule has 118 valence electrons. The minimum absolute atomic E-state index is 0.0678. The van der Waals surface area contributed by atoms with E-state index in [-0.39, 0.29) is 5.69 Å². The molecule has 0 radical (unpaired) electrons. The van der Waals surface area contributed by atoms with Crippen LogP contribution in [0.5, 0.6) is 0 Å². The summed E-state index contributed by atoms with van der Waals surface area (Å²) >= 11 is 0. The van der Waals surface area contributed by atoms with Crippen LogP contribution in [0.4, 0.5) is 29.3 Å². The molecule has 0 saturated carbocycles. The van der Waals surface area contributed by atoms with E-state index in [9.17, 15) is 18.0 Å². The Balaban J connectivity index is 1.71. The third-order valence-electron chi connectivity index (χ3n) is 3.26. The molecule has 4 nitrogen and oxygen atoms in total. The lowest BCUT2D eigenvalue weighted by Crippen LogP contribution is -2.19. The highest BCUT2D eigenvalue weighted by atomic mass is 19.4. The highest BCUT2D eigenvalue weighted by Gasteiger charge is 2.30. The lowest BCUT2D eigenvalue weighted by atomic mass is 10.2. The highest BCUT2D eigenvalue weighted by molar-refractivity contribution is 6.00. The Kier molecular flexibility index (Phi) is 3.69. The molecule has 0 unspecified atom stereocenters. The van der Waals surface area contributed by atoms with Gasteiger partial charge in [-0.25, -0.2) is 4.79 Å². The van der Waals surface area contributed by atoms with Crippen LogP contribution in [0.25, 0.3) is 10.9 Å². The maximum atomic E-state index is 12.6. The van der Waals surface area contributed by atoms with Crippen LogP contribution in [-0.4, -0.2) is 11.0 Å². The number of benzene rings is 2. The number of alkyl halides is 3. The van der Waals surface area contributed by atoms with Crippen molar-refractivity contribution >= 4 is 28.3 Å². The maximum absolute atomic E-state index is 12.6. The van der Waals surface area contributed by atoms with E-state index in [0.29, 0.717) is 5.69 Å². The number of hydrogen-bond acceptors (Lipinski definition) is 1. The molecule has 0 aliphatic rings. The van der Waals surface area contributed by atoms with E-state index in [2.05, 4.69) is 15.6 Å². The topological polar surface area (TPSA) is 56.9 Å². The van der Waals surface area contributed by atoms with Crippen LogP contribution in [0, 0.1) is 0 Å². The first-order valence-corrected chi connectivity index (χ1v) is 6.74.